The third kappa shape index (κ3) is 5.92. The number of unbranched alkanes of at least 4 members (excludes halogenated alkanes) is 4. The van der Waals surface area contributed by atoms with E-state index in [-0.39, 0.29) is 4.90 Å². The van der Waals surface area contributed by atoms with Crippen LogP contribution in [0, 0.1) is 0 Å². The molecular weight excluding hydrogens is 274 g/mol. The average molecular weight is 299 g/mol. The van der Waals surface area contributed by atoms with E-state index in [1.165, 1.54) is 19.3 Å². The van der Waals surface area contributed by atoms with Crippen LogP contribution in [-0.2, 0) is 10.0 Å². The molecule has 0 aliphatic rings. The molecule has 0 fully saturated rings. The monoisotopic (exact) mass is 299 g/mol. The fraction of sp³-hybridized carbons (Fsp3) is 0.600. The summed E-state index contributed by atoms with van der Waals surface area (Å²) in [6.45, 7) is 5.13. The molecule has 0 saturated carbocycles. The number of sulfonamides is 1. The summed E-state index contributed by atoms with van der Waals surface area (Å²) in [5, 5.41) is 0. The molecule has 1 aromatic rings. The Morgan fingerprint density at radius 1 is 1.00 bits per heavy atom. The van der Waals surface area contributed by atoms with E-state index < -0.39 is 10.0 Å². The van der Waals surface area contributed by atoms with Gasteiger partial charge in [-0.2, -0.15) is 0 Å². The molecule has 20 heavy (non-hydrogen) atoms. The van der Waals surface area contributed by atoms with Crippen LogP contribution in [-0.4, -0.2) is 21.6 Å². The summed E-state index contributed by atoms with van der Waals surface area (Å²) in [5.74, 6) is 0.686. The lowest BCUT2D eigenvalue weighted by atomic mass is 10.2. The van der Waals surface area contributed by atoms with Crippen molar-refractivity contribution in [2.75, 3.05) is 13.2 Å². The molecule has 0 amide bonds. The quantitative estimate of drug-likeness (QED) is 0.674. The minimum absolute atomic E-state index is 0.287. The molecule has 0 aliphatic heterocycles. The van der Waals surface area contributed by atoms with Gasteiger partial charge in [0.2, 0.25) is 10.0 Å². The Morgan fingerprint density at radius 3 is 2.25 bits per heavy atom. The minimum Gasteiger partial charge on any atom is -0.494 e. The first-order valence-electron chi connectivity index (χ1n) is 7.32. The molecule has 4 nitrogen and oxygen atoms in total. The highest BCUT2D eigenvalue weighted by molar-refractivity contribution is 7.89. The Balaban J connectivity index is 2.43. The van der Waals surface area contributed by atoms with E-state index >= 15 is 0 Å². The lowest BCUT2D eigenvalue weighted by Gasteiger charge is -2.08. The number of ether oxygens (including phenoxy) is 1. The van der Waals surface area contributed by atoms with Crippen molar-refractivity contribution in [2.45, 2.75) is 50.8 Å². The zero-order chi connectivity index (χ0) is 14.8. The van der Waals surface area contributed by atoms with Gasteiger partial charge in [-0.1, -0.05) is 32.6 Å². The van der Waals surface area contributed by atoms with Gasteiger partial charge in [-0.15, -0.1) is 0 Å². The van der Waals surface area contributed by atoms with Crippen molar-refractivity contribution in [3.63, 3.8) is 0 Å². The van der Waals surface area contributed by atoms with Crippen LogP contribution in [0.15, 0.2) is 29.2 Å². The highest BCUT2D eigenvalue weighted by Crippen LogP contribution is 2.15. The standard InChI is InChI=1S/C15H25NO3S/c1-3-5-6-7-8-13-16-20(17,18)15-11-9-14(10-12-15)19-4-2/h9-12,16H,3-8,13H2,1-2H3. The third-order valence-corrected chi connectivity index (χ3v) is 4.49. The predicted octanol–water partition coefficient (Wildman–Crippen LogP) is 3.33. The van der Waals surface area contributed by atoms with Crippen LogP contribution in [0.3, 0.4) is 0 Å². The molecule has 0 unspecified atom stereocenters. The maximum atomic E-state index is 12.0. The van der Waals surface area contributed by atoms with E-state index in [0.29, 0.717) is 18.9 Å². The van der Waals surface area contributed by atoms with Gasteiger partial charge in [0.1, 0.15) is 5.75 Å². The molecule has 114 valence electrons. The zero-order valence-corrected chi connectivity index (χ0v) is 13.2. The highest BCUT2D eigenvalue weighted by atomic mass is 32.2. The normalized spacial score (nSPS) is 11.5. The first-order valence-corrected chi connectivity index (χ1v) is 8.81. The van der Waals surface area contributed by atoms with Crippen LogP contribution in [0.5, 0.6) is 5.75 Å². The molecule has 1 aromatic carbocycles. The summed E-state index contributed by atoms with van der Waals surface area (Å²) in [6, 6.07) is 6.51. The lowest BCUT2D eigenvalue weighted by Crippen LogP contribution is -2.24. The fourth-order valence-electron chi connectivity index (χ4n) is 1.90. The van der Waals surface area contributed by atoms with Crippen molar-refractivity contribution in [1.82, 2.24) is 4.72 Å². The first kappa shape index (κ1) is 17.0. The van der Waals surface area contributed by atoms with Crippen molar-refractivity contribution >= 4 is 10.0 Å². The zero-order valence-electron chi connectivity index (χ0n) is 12.4. The SMILES string of the molecule is CCCCCCCNS(=O)(=O)c1ccc(OCC)cc1. The van der Waals surface area contributed by atoms with Crippen LogP contribution in [0.4, 0.5) is 0 Å². The lowest BCUT2D eigenvalue weighted by molar-refractivity contribution is 0.340. The topological polar surface area (TPSA) is 55.4 Å². The fourth-order valence-corrected chi connectivity index (χ4v) is 2.97. The minimum atomic E-state index is -3.39. The van der Waals surface area contributed by atoms with E-state index in [0.717, 1.165) is 12.8 Å². The van der Waals surface area contributed by atoms with Crippen molar-refractivity contribution in [1.29, 1.82) is 0 Å². The van der Waals surface area contributed by atoms with Crippen LogP contribution in [0.2, 0.25) is 0 Å². The van der Waals surface area contributed by atoms with E-state index in [4.69, 9.17) is 4.74 Å². The number of hydrogen-bond acceptors (Lipinski definition) is 3. The van der Waals surface area contributed by atoms with Gasteiger partial charge in [-0.25, -0.2) is 13.1 Å². The Kier molecular flexibility index (Phi) is 7.62. The van der Waals surface area contributed by atoms with Gasteiger partial charge in [0.25, 0.3) is 0 Å². The second-order valence-electron chi connectivity index (χ2n) is 4.72. The third-order valence-electron chi connectivity index (χ3n) is 3.02. The van der Waals surface area contributed by atoms with Crippen LogP contribution in [0.1, 0.15) is 46.0 Å². The van der Waals surface area contributed by atoms with Crippen LogP contribution >= 0.6 is 0 Å². The number of nitrogens with one attached hydrogen (secondary N) is 1. The number of benzene rings is 1. The number of rotatable bonds is 10. The second-order valence-corrected chi connectivity index (χ2v) is 6.48. The molecule has 0 saturated heterocycles. The van der Waals surface area contributed by atoms with Gasteiger partial charge in [0.05, 0.1) is 11.5 Å². The average Bonchev–Trinajstić information content (AvgIpc) is 2.44. The summed E-state index contributed by atoms with van der Waals surface area (Å²) < 4.78 is 32.0. The molecule has 5 heteroatoms. The highest BCUT2D eigenvalue weighted by Gasteiger charge is 2.12. The molecule has 0 heterocycles. The molecule has 1 N–H and O–H groups in total. The van der Waals surface area contributed by atoms with Crippen molar-refractivity contribution < 1.29 is 13.2 Å². The molecule has 0 spiro atoms. The Bertz CT molecular complexity index is 468. The summed E-state index contributed by atoms with van der Waals surface area (Å²) in [7, 11) is -3.39. The van der Waals surface area contributed by atoms with E-state index in [9.17, 15) is 8.42 Å². The van der Waals surface area contributed by atoms with Crippen molar-refractivity contribution in [3.8, 4) is 5.75 Å². The summed E-state index contributed by atoms with van der Waals surface area (Å²) in [5.41, 5.74) is 0. The van der Waals surface area contributed by atoms with Crippen LogP contribution in [0.25, 0.3) is 0 Å². The molecule has 0 atom stereocenters. The predicted molar refractivity (Wildman–Crippen MR) is 81.6 cm³/mol. The van der Waals surface area contributed by atoms with Crippen LogP contribution < -0.4 is 9.46 Å². The van der Waals surface area contributed by atoms with E-state index in [1.54, 1.807) is 24.3 Å². The molecule has 0 radical (unpaired) electrons. The summed E-state index contributed by atoms with van der Waals surface area (Å²) in [6.07, 6.45) is 5.53. The Morgan fingerprint density at radius 2 is 1.65 bits per heavy atom. The van der Waals surface area contributed by atoms with Gasteiger partial charge in [-0.3, -0.25) is 0 Å². The molecule has 1 rings (SSSR count). The van der Waals surface area contributed by atoms with E-state index in [2.05, 4.69) is 11.6 Å². The van der Waals surface area contributed by atoms with Gasteiger partial charge >= 0.3 is 0 Å². The van der Waals surface area contributed by atoms with Gasteiger partial charge in [-0.05, 0) is 37.6 Å². The summed E-state index contributed by atoms with van der Waals surface area (Å²) >= 11 is 0. The molecular formula is C15H25NO3S. The molecule has 0 aliphatic carbocycles. The van der Waals surface area contributed by atoms with Gasteiger partial charge in [0, 0.05) is 6.54 Å². The smallest absolute Gasteiger partial charge is 0.240 e. The van der Waals surface area contributed by atoms with E-state index in [1.807, 2.05) is 6.92 Å². The maximum absolute atomic E-state index is 12.0. The van der Waals surface area contributed by atoms with Crippen molar-refractivity contribution in [3.05, 3.63) is 24.3 Å². The van der Waals surface area contributed by atoms with Gasteiger partial charge < -0.3 is 4.74 Å². The Hall–Kier alpha value is -1.07. The first-order chi connectivity index (χ1) is 9.60. The molecule has 0 bridgehead atoms. The Labute approximate surface area is 122 Å². The molecule has 0 aromatic heterocycles. The van der Waals surface area contributed by atoms with Crippen molar-refractivity contribution in [2.24, 2.45) is 0 Å². The maximum Gasteiger partial charge on any atom is 0.240 e. The summed E-state index contributed by atoms with van der Waals surface area (Å²) in [4.78, 5) is 0.287. The van der Waals surface area contributed by atoms with Gasteiger partial charge in [0.15, 0.2) is 0 Å². The number of hydrogen-bond donors (Lipinski definition) is 1. The largest absolute Gasteiger partial charge is 0.494 e. The second kappa shape index (κ2) is 8.97.